The number of benzene rings is 2. The number of carbonyl (C=O) groups is 2. The normalized spacial score (nSPS) is 10.8. The molecular weight excluding hydrogens is 378 g/mol. The summed E-state index contributed by atoms with van der Waals surface area (Å²) in [5, 5.41) is 6.38. The summed E-state index contributed by atoms with van der Waals surface area (Å²) in [4.78, 5) is 38.1. The van der Waals surface area contributed by atoms with E-state index in [0.29, 0.717) is 23.0 Å². The van der Waals surface area contributed by atoms with Crippen LogP contribution in [0.4, 0.5) is 5.69 Å². The number of rotatable bonds is 6. The average Bonchev–Trinajstić information content (AvgIpc) is 2.70. The van der Waals surface area contributed by atoms with Gasteiger partial charge in [0, 0.05) is 23.7 Å². The van der Waals surface area contributed by atoms with Crippen molar-refractivity contribution < 1.29 is 9.59 Å². The third-order valence-corrected chi connectivity index (χ3v) is 5.04. The maximum absolute atomic E-state index is 12.8. The topological polar surface area (TPSA) is 80.2 Å². The standard InChI is InChI=1S/C24H27N3O3/c1-5-10-25-24(30)19-13-22(29)27(20-9-7-6-8-18(19)20)14-21(28)26-23-16(3)11-15(2)12-17(23)4/h6-9,11-13H,5,10,14H2,1-4H3,(H,25,30)(H,26,28). The Kier molecular flexibility index (Phi) is 6.35. The molecule has 1 heterocycles. The Labute approximate surface area is 175 Å². The Morgan fingerprint density at radius 2 is 1.67 bits per heavy atom. The monoisotopic (exact) mass is 405 g/mol. The fourth-order valence-electron chi connectivity index (χ4n) is 3.72. The number of nitrogens with zero attached hydrogens (tertiary/aromatic N) is 1. The fourth-order valence-corrected chi connectivity index (χ4v) is 3.72. The lowest BCUT2D eigenvalue weighted by Gasteiger charge is -2.16. The molecule has 6 heteroatoms. The second-order valence-electron chi connectivity index (χ2n) is 7.58. The maximum atomic E-state index is 12.8. The summed E-state index contributed by atoms with van der Waals surface area (Å²) in [6.07, 6.45) is 0.804. The first kappa shape index (κ1) is 21.3. The van der Waals surface area contributed by atoms with Gasteiger partial charge in [0.25, 0.3) is 11.5 Å². The molecule has 0 unspecified atom stereocenters. The molecule has 0 spiro atoms. The molecule has 0 bridgehead atoms. The van der Waals surface area contributed by atoms with Gasteiger partial charge in [0.2, 0.25) is 5.91 Å². The van der Waals surface area contributed by atoms with Crippen molar-refractivity contribution in [3.8, 4) is 0 Å². The molecule has 30 heavy (non-hydrogen) atoms. The number of fused-ring (bicyclic) bond motifs is 1. The number of amides is 2. The van der Waals surface area contributed by atoms with E-state index in [1.54, 1.807) is 18.2 Å². The van der Waals surface area contributed by atoms with Crippen molar-refractivity contribution in [1.29, 1.82) is 0 Å². The zero-order chi connectivity index (χ0) is 21.8. The Balaban J connectivity index is 1.95. The SMILES string of the molecule is CCCNC(=O)c1cc(=O)n(CC(=O)Nc2c(C)cc(C)cc2C)c2ccccc12. The van der Waals surface area contributed by atoms with Crippen LogP contribution in [0.25, 0.3) is 10.9 Å². The van der Waals surface area contributed by atoms with Crippen LogP contribution in [0.15, 0.2) is 47.3 Å². The van der Waals surface area contributed by atoms with Crippen molar-refractivity contribution in [1.82, 2.24) is 9.88 Å². The quantitative estimate of drug-likeness (QED) is 0.656. The Morgan fingerprint density at radius 1 is 1.00 bits per heavy atom. The third-order valence-electron chi connectivity index (χ3n) is 5.04. The molecular formula is C24H27N3O3. The highest BCUT2D eigenvalue weighted by Gasteiger charge is 2.16. The zero-order valence-corrected chi connectivity index (χ0v) is 17.8. The van der Waals surface area contributed by atoms with E-state index < -0.39 is 0 Å². The van der Waals surface area contributed by atoms with Gasteiger partial charge >= 0.3 is 0 Å². The molecule has 0 aliphatic rings. The van der Waals surface area contributed by atoms with Gasteiger partial charge in [-0.3, -0.25) is 19.0 Å². The first-order valence-corrected chi connectivity index (χ1v) is 10.1. The maximum Gasteiger partial charge on any atom is 0.252 e. The molecule has 2 aromatic carbocycles. The van der Waals surface area contributed by atoms with Crippen LogP contribution in [-0.4, -0.2) is 22.9 Å². The number of anilines is 1. The van der Waals surface area contributed by atoms with Crippen LogP contribution in [0.5, 0.6) is 0 Å². The summed E-state index contributed by atoms with van der Waals surface area (Å²) < 4.78 is 1.40. The summed E-state index contributed by atoms with van der Waals surface area (Å²) in [5.74, 6) is -0.576. The predicted octanol–water partition coefficient (Wildman–Crippen LogP) is 3.71. The predicted molar refractivity (Wildman–Crippen MR) is 120 cm³/mol. The molecule has 2 amide bonds. The lowest BCUT2D eigenvalue weighted by Crippen LogP contribution is -2.31. The molecule has 0 saturated heterocycles. The van der Waals surface area contributed by atoms with Crippen molar-refractivity contribution in [2.45, 2.75) is 40.7 Å². The highest BCUT2D eigenvalue weighted by atomic mass is 16.2. The smallest absolute Gasteiger partial charge is 0.252 e. The summed E-state index contributed by atoms with van der Waals surface area (Å²) in [5.41, 5.74) is 4.33. The molecule has 1 aromatic heterocycles. The molecule has 2 N–H and O–H groups in total. The molecule has 0 aliphatic heterocycles. The molecule has 0 aliphatic carbocycles. The van der Waals surface area contributed by atoms with Gasteiger partial charge in [-0.25, -0.2) is 0 Å². The van der Waals surface area contributed by atoms with Crippen LogP contribution in [-0.2, 0) is 11.3 Å². The van der Waals surface area contributed by atoms with Crippen molar-refractivity contribution in [3.63, 3.8) is 0 Å². The van der Waals surface area contributed by atoms with Crippen LogP contribution in [0, 0.1) is 20.8 Å². The minimum Gasteiger partial charge on any atom is -0.352 e. The summed E-state index contributed by atoms with van der Waals surface area (Å²) >= 11 is 0. The van der Waals surface area contributed by atoms with Gasteiger partial charge in [-0.2, -0.15) is 0 Å². The number of pyridine rings is 1. The molecule has 0 atom stereocenters. The average molecular weight is 405 g/mol. The van der Waals surface area contributed by atoms with Crippen molar-refractivity contribution in [2.75, 3.05) is 11.9 Å². The van der Waals surface area contributed by atoms with E-state index >= 15 is 0 Å². The number of nitrogens with one attached hydrogen (secondary N) is 2. The molecule has 3 rings (SSSR count). The van der Waals surface area contributed by atoms with Gasteiger partial charge < -0.3 is 10.6 Å². The van der Waals surface area contributed by atoms with Gasteiger partial charge in [0.1, 0.15) is 6.54 Å². The van der Waals surface area contributed by atoms with Crippen molar-refractivity contribution in [3.05, 3.63) is 75.1 Å². The van der Waals surface area contributed by atoms with Crippen LogP contribution < -0.4 is 16.2 Å². The van der Waals surface area contributed by atoms with Crippen LogP contribution in [0.3, 0.4) is 0 Å². The number of aromatic nitrogens is 1. The molecule has 0 fully saturated rings. The van der Waals surface area contributed by atoms with Gasteiger partial charge in [-0.05, 0) is 44.4 Å². The number of hydrogen-bond donors (Lipinski definition) is 2. The zero-order valence-electron chi connectivity index (χ0n) is 17.8. The van der Waals surface area contributed by atoms with E-state index in [0.717, 1.165) is 28.8 Å². The van der Waals surface area contributed by atoms with Crippen LogP contribution in [0.2, 0.25) is 0 Å². The highest BCUT2D eigenvalue weighted by molar-refractivity contribution is 6.06. The molecule has 0 saturated carbocycles. The van der Waals surface area contributed by atoms with E-state index in [4.69, 9.17) is 0 Å². The van der Waals surface area contributed by atoms with Crippen LogP contribution in [0.1, 0.15) is 40.4 Å². The van der Waals surface area contributed by atoms with E-state index in [2.05, 4.69) is 10.6 Å². The largest absolute Gasteiger partial charge is 0.352 e. The number of hydrogen-bond acceptors (Lipinski definition) is 3. The van der Waals surface area contributed by atoms with E-state index in [1.165, 1.54) is 10.6 Å². The first-order valence-electron chi connectivity index (χ1n) is 10.1. The Morgan fingerprint density at radius 3 is 2.33 bits per heavy atom. The van der Waals surface area contributed by atoms with Gasteiger partial charge in [0.05, 0.1) is 11.1 Å². The number of carbonyl (C=O) groups excluding carboxylic acids is 2. The van der Waals surface area contributed by atoms with E-state index in [-0.39, 0.29) is 23.9 Å². The van der Waals surface area contributed by atoms with E-state index in [1.807, 2.05) is 45.9 Å². The summed E-state index contributed by atoms with van der Waals surface area (Å²) in [6, 6.07) is 12.5. The molecule has 3 aromatic rings. The minimum atomic E-state index is -0.386. The summed E-state index contributed by atoms with van der Waals surface area (Å²) in [6.45, 7) is 8.26. The van der Waals surface area contributed by atoms with Crippen molar-refractivity contribution >= 4 is 28.4 Å². The molecule has 156 valence electrons. The third kappa shape index (κ3) is 4.43. The van der Waals surface area contributed by atoms with Crippen LogP contribution >= 0.6 is 0 Å². The second-order valence-corrected chi connectivity index (χ2v) is 7.58. The first-order chi connectivity index (χ1) is 14.3. The minimum absolute atomic E-state index is 0.136. The molecule has 6 nitrogen and oxygen atoms in total. The Hall–Kier alpha value is -3.41. The van der Waals surface area contributed by atoms with Gasteiger partial charge in [0.15, 0.2) is 0 Å². The Bertz CT molecular complexity index is 1160. The van der Waals surface area contributed by atoms with E-state index in [9.17, 15) is 14.4 Å². The van der Waals surface area contributed by atoms with Crippen molar-refractivity contribution in [2.24, 2.45) is 0 Å². The fraction of sp³-hybridized carbons (Fsp3) is 0.292. The lowest BCUT2D eigenvalue weighted by atomic mass is 10.1. The molecule has 0 radical (unpaired) electrons. The second kappa shape index (κ2) is 8.95. The van der Waals surface area contributed by atoms with Gasteiger partial charge in [-0.15, -0.1) is 0 Å². The highest BCUT2D eigenvalue weighted by Crippen LogP contribution is 2.22. The lowest BCUT2D eigenvalue weighted by molar-refractivity contribution is -0.116. The summed E-state index contributed by atoms with van der Waals surface area (Å²) in [7, 11) is 0. The van der Waals surface area contributed by atoms with Gasteiger partial charge in [-0.1, -0.05) is 42.8 Å². The number of para-hydroxylation sites is 1. The number of aryl methyl sites for hydroxylation is 3.